The van der Waals surface area contributed by atoms with Crippen LogP contribution >= 0.6 is 0 Å². The molecule has 3 nitrogen and oxygen atoms in total. The minimum absolute atomic E-state index is 0.207. The number of ether oxygens (including phenoxy) is 3. The number of hydrogen-bond donors (Lipinski definition) is 0. The van der Waals surface area contributed by atoms with Crippen LogP contribution in [-0.4, -0.2) is 20.6 Å². The lowest BCUT2D eigenvalue weighted by Crippen LogP contribution is -2.17. The zero-order chi connectivity index (χ0) is 17.0. The van der Waals surface area contributed by atoms with E-state index in [0.29, 0.717) is 22.6 Å². The average Bonchev–Trinajstić information content (AvgIpc) is 2.53. The number of hydrogen-bond acceptors (Lipinski definition) is 3. The Labute approximate surface area is 131 Å². The maximum atomic E-state index is 12.6. The molecule has 0 amide bonds. The fraction of sp³-hybridized carbons (Fsp3) is 0.176. The normalized spacial score (nSPS) is 10.8. The zero-order valence-electron chi connectivity index (χ0n) is 12.4. The van der Waals surface area contributed by atoms with Gasteiger partial charge in [0.1, 0.15) is 5.75 Å². The van der Waals surface area contributed by atoms with Gasteiger partial charge in [-0.1, -0.05) is 12.0 Å². The Kier molecular flexibility index (Phi) is 4.70. The van der Waals surface area contributed by atoms with Crippen molar-refractivity contribution in [1.82, 2.24) is 0 Å². The summed E-state index contributed by atoms with van der Waals surface area (Å²) in [6, 6.07) is 8.76. The van der Waals surface area contributed by atoms with Crippen LogP contribution in [-0.2, 0) is 0 Å². The van der Waals surface area contributed by atoms with E-state index in [2.05, 4.69) is 10.7 Å². The molecule has 0 atom stereocenters. The van der Waals surface area contributed by atoms with E-state index in [-0.39, 0.29) is 11.3 Å². The Morgan fingerprint density at radius 1 is 0.913 bits per heavy atom. The molecule has 120 valence electrons. The van der Waals surface area contributed by atoms with E-state index in [0.717, 1.165) is 0 Å². The van der Waals surface area contributed by atoms with E-state index in [1.807, 2.05) is 0 Å². The Hall–Kier alpha value is -2.81. The summed E-state index contributed by atoms with van der Waals surface area (Å²) in [6.45, 7) is 0. The van der Waals surface area contributed by atoms with Crippen molar-refractivity contribution in [3.63, 3.8) is 0 Å². The minimum atomic E-state index is -4.80. The lowest BCUT2D eigenvalue weighted by Gasteiger charge is -2.15. The zero-order valence-corrected chi connectivity index (χ0v) is 12.4. The van der Waals surface area contributed by atoms with Crippen molar-refractivity contribution < 1.29 is 27.4 Å². The van der Waals surface area contributed by atoms with Gasteiger partial charge in [0, 0.05) is 11.1 Å². The molecule has 0 fully saturated rings. The Bertz CT molecular complexity index is 746. The summed E-state index contributed by atoms with van der Waals surface area (Å²) >= 11 is 0. The van der Waals surface area contributed by atoms with Crippen LogP contribution in [0.4, 0.5) is 13.2 Å². The molecule has 0 spiro atoms. The summed E-state index contributed by atoms with van der Waals surface area (Å²) in [7, 11) is 2.90. The van der Waals surface area contributed by atoms with E-state index in [9.17, 15) is 13.2 Å². The maximum Gasteiger partial charge on any atom is 0.573 e. The topological polar surface area (TPSA) is 27.7 Å². The van der Waals surface area contributed by atoms with Crippen LogP contribution in [0, 0.1) is 12.3 Å². The summed E-state index contributed by atoms with van der Waals surface area (Å²) in [5, 5.41) is 0. The van der Waals surface area contributed by atoms with Crippen molar-refractivity contribution in [2.45, 2.75) is 6.36 Å². The summed E-state index contributed by atoms with van der Waals surface area (Å²) in [5.74, 6) is 2.89. The van der Waals surface area contributed by atoms with E-state index < -0.39 is 6.36 Å². The second-order valence-electron chi connectivity index (χ2n) is 4.47. The van der Waals surface area contributed by atoms with Gasteiger partial charge in [0.25, 0.3) is 0 Å². The summed E-state index contributed by atoms with van der Waals surface area (Å²) in [5.41, 5.74) is 1.10. The first-order chi connectivity index (χ1) is 10.9. The molecule has 0 heterocycles. The highest BCUT2D eigenvalue weighted by atomic mass is 19.4. The predicted octanol–water partition coefficient (Wildman–Crippen LogP) is 4.25. The quantitative estimate of drug-likeness (QED) is 0.788. The molecule has 0 saturated heterocycles. The van der Waals surface area contributed by atoms with E-state index in [4.69, 9.17) is 15.9 Å². The average molecular weight is 322 g/mol. The van der Waals surface area contributed by atoms with Gasteiger partial charge in [0.05, 0.1) is 14.2 Å². The third-order valence-corrected chi connectivity index (χ3v) is 3.07. The van der Waals surface area contributed by atoms with Gasteiger partial charge in [-0.2, -0.15) is 0 Å². The first-order valence-electron chi connectivity index (χ1n) is 6.46. The van der Waals surface area contributed by atoms with Crippen LogP contribution < -0.4 is 14.2 Å². The first-order valence-corrected chi connectivity index (χ1v) is 6.46. The molecule has 0 saturated carbocycles. The van der Waals surface area contributed by atoms with E-state index >= 15 is 0 Å². The van der Waals surface area contributed by atoms with Gasteiger partial charge >= 0.3 is 6.36 Å². The van der Waals surface area contributed by atoms with Crippen molar-refractivity contribution in [2.75, 3.05) is 14.2 Å². The van der Waals surface area contributed by atoms with Crippen LogP contribution in [0.1, 0.15) is 5.56 Å². The molecule has 0 aromatic heterocycles. The van der Waals surface area contributed by atoms with Crippen molar-refractivity contribution >= 4 is 0 Å². The molecule has 2 aromatic carbocycles. The van der Waals surface area contributed by atoms with Gasteiger partial charge in [0.15, 0.2) is 11.5 Å². The third-order valence-electron chi connectivity index (χ3n) is 3.07. The Balaban J connectivity index is 2.58. The SMILES string of the molecule is C#Cc1ccc(OC(F)(F)F)c(-c2ccc(OC)c(OC)c2)c1. The molecule has 2 rings (SSSR count). The molecule has 0 N–H and O–H groups in total. The van der Waals surface area contributed by atoms with Crippen LogP contribution in [0.15, 0.2) is 36.4 Å². The summed E-state index contributed by atoms with van der Waals surface area (Å²) in [6.07, 6.45) is 0.515. The molecule has 0 radical (unpaired) electrons. The monoisotopic (exact) mass is 322 g/mol. The van der Waals surface area contributed by atoms with Crippen molar-refractivity contribution in [1.29, 1.82) is 0 Å². The lowest BCUT2D eigenvalue weighted by molar-refractivity contribution is -0.274. The summed E-state index contributed by atoms with van der Waals surface area (Å²) in [4.78, 5) is 0. The van der Waals surface area contributed by atoms with Crippen molar-refractivity contribution in [3.05, 3.63) is 42.0 Å². The number of methoxy groups -OCH3 is 2. The highest BCUT2D eigenvalue weighted by Crippen LogP contribution is 2.38. The number of halogens is 3. The molecule has 0 unspecified atom stereocenters. The van der Waals surface area contributed by atoms with Gasteiger partial charge in [0.2, 0.25) is 0 Å². The van der Waals surface area contributed by atoms with Crippen LogP contribution in [0.3, 0.4) is 0 Å². The first kappa shape index (κ1) is 16.6. The van der Waals surface area contributed by atoms with Crippen molar-refractivity contribution in [3.8, 4) is 40.7 Å². The predicted molar refractivity (Wildman–Crippen MR) is 79.6 cm³/mol. The van der Waals surface area contributed by atoms with Crippen LogP contribution in [0.2, 0.25) is 0 Å². The van der Waals surface area contributed by atoms with Gasteiger partial charge in [-0.3, -0.25) is 0 Å². The highest BCUT2D eigenvalue weighted by molar-refractivity contribution is 5.74. The molecule has 0 aliphatic rings. The highest BCUT2D eigenvalue weighted by Gasteiger charge is 2.32. The number of terminal acetylenes is 1. The smallest absolute Gasteiger partial charge is 0.493 e. The van der Waals surface area contributed by atoms with Gasteiger partial charge in [-0.25, -0.2) is 0 Å². The maximum absolute atomic E-state index is 12.6. The molecule has 6 heteroatoms. The fourth-order valence-corrected chi connectivity index (χ4v) is 2.06. The largest absolute Gasteiger partial charge is 0.573 e. The van der Waals surface area contributed by atoms with Gasteiger partial charge in [-0.05, 0) is 35.9 Å². The molecule has 2 aromatic rings. The molecule has 0 aliphatic heterocycles. The standard InChI is InChI=1S/C17H13F3O3/c1-4-11-5-7-14(23-17(18,19)20)13(9-11)12-6-8-15(21-2)16(10-12)22-3/h1,5-10H,2-3H3. The second kappa shape index (κ2) is 6.53. The van der Waals surface area contributed by atoms with E-state index in [1.165, 1.54) is 32.4 Å². The number of rotatable bonds is 4. The lowest BCUT2D eigenvalue weighted by atomic mass is 10.0. The molecule has 0 aliphatic carbocycles. The number of benzene rings is 2. The fourth-order valence-electron chi connectivity index (χ4n) is 2.06. The Morgan fingerprint density at radius 2 is 1.57 bits per heavy atom. The summed E-state index contributed by atoms with van der Waals surface area (Å²) < 4.78 is 52.1. The van der Waals surface area contributed by atoms with Crippen LogP contribution in [0.25, 0.3) is 11.1 Å². The molecular formula is C17H13F3O3. The molecule has 0 bridgehead atoms. The van der Waals surface area contributed by atoms with Gasteiger partial charge < -0.3 is 14.2 Å². The second-order valence-corrected chi connectivity index (χ2v) is 4.47. The Morgan fingerprint density at radius 3 is 2.13 bits per heavy atom. The van der Waals surface area contributed by atoms with Crippen LogP contribution in [0.5, 0.6) is 17.2 Å². The van der Waals surface area contributed by atoms with Gasteiger partial charge in [-0.15, -0.1) is 19.6 Å². The molecule has 23 heavy (non-hydrogen) atoms. The third kappa shape index (κ3) is 3.89. The van der Waals surface area contributed by atoms with Crippen molar-refractivity contribution in [2.24, 2.45) is 0 Å². The minimum Gasteiger partial charge on any atom is -0.493 e. The molecular weight excluding hydrogens is 309 g/mol. The number of alkyl halides is 3. The van der Waals surface area contributed by atoms with E-state index in [1.54, 1.807) is 18.2 Å².